The molecule has 2 aliphatic heterocycles. The average molecular weight is 341 g/mol. The van der Waals surface area contributed by atoms with Crippen LogP contribution in [0.5, 0.6) is 0 Å². The maximum atomic E-state index is 13.9. The van der Waals surface area contributed by atoms with E-state index in [1.165, 1.54) is 6.07 Å². The number of rotatable bonds is 4. The molecular formula is C17H22ClFN2O2. The molecule has 6 heteroatoms. The lowest BCUT2D eigenvalue weighted by molar-refractivity contribution is -0.139. The Kier molecular flexibility index (Phi) is 4.90. The molecule has 2 heterocycles. The van der Waals surface area contributed by atoms with E-state index in [2.05, 4.69) is 24.1 Å². The van der Waals surface area contributed by atoms with Gasteiger partial charge in [0.25, 0.3) is 0 Å². The van der Waals surface area contributed by atoms with E-state index in [0.717, 1.165) is 18.5 Å². The molecule has 3 rings (SSSR count). The first-order valence-electron chi connectivity index (χ1n) is 8.10. The van der Waals surface area contributed by atoms with Crippen molar-refractivity contribution in [1.29, 1.82) is 0 Å². The van der Waals surface area contributed by atoms with Gasteiger partial charge >= 0.3 is 5.97 Å². The van der Waals surface area contributed by atoms with E-state index in [1.54, 1.807) is 6.07 Å². The molecular weight excluding hydrogens is 319 g/mol. The van der Waals surface area contributed by atoms with Crippen LogP contribution in [0.1, 0.15) is 38.3 Å². The maximum absolute atomic E-state index is 13.9. The third-order valence-electron chi connectivity index (χ3n) is 4.74. The molecule has 2 aliphatic rings. The summed E-state index contributed by atoms with van der Waals surface area (Å²) >= 11 is 5.81. The number of benzene rings is 1. The SMILES string of the molecule is CC(C)N1CC[C@H](N[C@@H]2CCOC2=O)[C@@H]1c1ccc(Cl)c(F)c1. The van der Waals surface area contributed by atoms with Crippen molar-refractivity contribution in [1.82, 2.24) is 10.2 Å². The molecule has 0 amide bonds. The Balaban J connectivity index is 1.85. The Morgan fingerprint density at radius 3 is 2.78 bits per heavy atom. The molecule has 126 valence electrons. The maximum Gasteiger partial charge on any atom is 0.323 e. The lowest BCUT2D eigenvalue weighted by Crippen LogP contribution is -2.45. The second-order valence-electron chi connectivity index (χ2n) is 6.52. The van der Waals surface area contributed by atoms with Crippen LogP contribution in [-0.2, 0) is 9.53 Å². The van der Waals surface area contributed by atoms with E-state index in [9.17, 15) is 9.18 Å². The highest BCUT2D eigenvalue weighted by molar-refractivity contribution is 6.30. The van der Waals surface area contributed by atoms with Gasteiger partial charge in [-0.3, -0.25) is 15.0 Å². The summed E-state index contributed by atoms with van der Waals surface area (Å²) in [6.45, 7) is 5.64. The number of ether oxygens (including phenoxy) is 1. The summed E-state index contributed by atoms with van der Waals surface area (Å²) in [6, 6.07) is 5.18. The van der Waals surface area contributed by atoms with E-state index in [1.807, 2.05) is 6.07 Å². The van der Waals surface area contributed by atoms with Crippen molar-refractivity contribution in [3.8, 4) is 0 Å². The highest BCUT2D eigenvalue weighted by atomic mass is 35.5. The summed E-state index contributed by atoms with van der Waals surface area (Å²) < 4.78 is 18.9. The number of cyclic esters (lactones) is 1. The first kappa shape index (κ1) is 16.7. The van der Waals surface area contributed by atoms with Gasteiger partial charge in [-0.25, -0.2) is 4.39 Å². The molecule has 0 spiro atoms. The van der Waals surface area contributed by atoms with Gasteiger partial charge in [0.1, 0.15) is 11.9 Å². The number of esters is 1. The number of carbonyl (C=O) groups is 1. The first-order valence-corrected chi connectivity index (χ1v) is 8.48. The highest BCUT2D eigenvalue weighted by Crippen LogP contribution is 2.35. The van der Waals surface area contributed by atoms with Crippen molar-refractivity contribution in [3.63, 3.8) is 0 Å². The molecule has 2 fully saturated rings. The van der Waals surface area contributed by atoms with E-state index in [-0.39, 0.29) is 29.1 Å². The molecule has 1 aromatic carbocycles. The summed E-state index contributed by atoms with van der Waals surface area (Å²) in [5, 5.41) is 3.55. The van der Waals surface area contributed by atoms with Crippen LogP contribution in [0, 0.1) is 5.82 Å². The van der Waals surface area contributed by atoms with Crippen molar-refractivity contribution in [2.75, 3.05) is 13.2 Å². The second kappa shape index (κ2) is 6.75. The van der Waals surface area contributed by atoms with Crippen LogP contribution < -0.4 is 5.32 Å². The molecule has 23 heavy (non-hydrogen) atoms. The number of hydrogen-bond acceptors (Lipinski definition) is 4. The summed E-state index contributed by atoms with van der Waals surface area (Å²) in [6.07, 6.45) is 1.61. The van der Waals surface area contributed by atoms with Crippen LogP contribution in [0.2, 0.25) is 5.02 Å². The van der Waals surface area contributed by atoms with E-state index in [0.29, 0.717) is 19.1 Å². The van der Waals surface area contributed by atoms with Gasteiger partial charge in [0, 0.05) is 25.0 Å². The Morgan fingerprint density at radius 2 is 2.17 bits per heavy atom. The lowest BCUT2D eigenvalue weighted by atomic mass is 9.98. The predicted octanol–water partition coefficient (Wildman–Crippen LogP) is 2.91. The van der Waals surface area contributed by atoms with Crippen LogP contribution in [0.15, 0.2) is 18.2 Å². The van der Waals surface area contributed by atoms with Gasteiger partial charge in [0.05, 0.1) is 17.7 Å². The second-order valence-corrected chi connectivity index (χ2v) is 6.93. The number of nitrogens with zero attached hydrogens (tertiary/aromatic N) is 1. The van der Waals surface area contributed by atoms with E-state index >= 15 is 0 Å². The number of nitrogens with one attached hydrogen (secondary N) is 1. The quantitative estimate of drug-likeness (QED) is 0.856. The number of halogens is 2. The smallest absolute Gasteiger partial charge is 0.323 e. The molecule has 0 unspecified atom stereocenters. The third kappa shape index (κ3) is 3.37. The van der Waals surface area contributed by atoms with Crippen molar-refractivity contribution >= 4 is 17.6 Å². The minimum Gasteiger partial charge on any atom is -0.464 e. The van der Waals surface area contributed by atoms with Gasteiger partial charge in [-0.15, -0.1) is 0 Å². The minimum absolute atomic E-state index is 0.0233. The topological polar surface area (TPSA) is 41.6 Å². The van der Waals surface area contributed by atoms with Gasteiger partial charge in [0.2, 0.25) is 0 Å². The van der Waals surface area contributed by atoms with Gasteiger partial charge in [-0.2, -0.15) is 0 Å². The normalized spacial score (nSPS) is 28.6. The van der Waals surface area contributed by atoms with Crippen molar-refractivity contribution in [2.45, 2.75) is 50.9 Å². The van der Waals surface area contributed by atoms with Crippen LogP contribution in [0.25, 0.3) is 0 Å². The Bertz CT molecular complexity index is 596. The largest absolute Gasteiger partial charge is 0.464 e. The fraction of sp³-hybridized carbons (Fsp3) is 0.588. The van der Waals surface area contributed by atoms with Crippen molar-refractivity contribution in [2.24, 2.45) is 0 Å². The Labute approximate surface area is 140 Å². The third-order valence-corrected chi connectivity index (χ3v) is 5.04. The number of likely N-dealkylation sites (tertiary alicyclic amines) is 1. The zero-order valence-corrected chi connectivity index (χ0v) is 14.1. The molecule has 0 bridgehead atoms. The lowest BCUT2D eigenvalue weighted by Gasteiger charge is -2.32. The zero-order chi connectivity index (χ0) is 16.6. The fourth-order valence-electron chi connectivity index (χ4n) is 3.60. The summed E-state index contributed by atoms with van der Waals surface area (Å²) in [7, 11) is 0. The minimum atomic E-state index is -0.404. The molecule has 0 aliphatic carbocycles. The van der Waals surface area contributed by atoms with E-state index in [4.69, 9.17) is 16.3 Å². The molecule has 1 aromatic rings. The standard InChI is InChI=1S/C17H22ClFN2O2/c1-10(2)21-7-5-14(20-15-6-8-23-17(15)22)16(21)11-3-4-12(18)13(19)9-11/h3-4,9-10,14-16,20H,5-8H2,1-2H3/t14-,15+,16-/m0/s1. The molecule has 4 nitrogen and oxygen atoms in total. The average Bonchev–Trinajstić information content (AvgIpc) is 3.10. The van der Waals surface area contributed by atoms with Crippen LogP contribution in [-0.4, -0.2) is 42.1 Å². The number of hydrogen-bond donors (Lipinski definition) is 1. The Hall–Kier alpha value is -1.17. The highest BCUT2D eigenvalue weighted by Gasteiger charge is 2.40. The zero-order valence-electron chi connectivity index (χ0n) is 13.4. The molecule has 2 saturated heterocycles. The molecule has 1 N–H and O–H groups in total. The molecule has 0 aromatic heterocycles. The van der Waals surface area contributed by atoms with Gasteiger partial charge in [-0.1, -0.05) is 17.7 Å². The first-order chi connectivity index (χ1) is 11.0. The Morgan fingerprint density at radius 1 is 1.39 bits per heavy atom. The van der Waals surface area contributed by atoms with Gasteiger partial charge < -0.3 is 4.74 Å². The van der Waals surface area contributed by atoms with E-state index < -0.39 is 5.82 Å². The fourth-order valence-corrected chi connectivity index (χ4v) is 3.71. The van der Waals surface area contributed by atoms with Crippen molar-refractivity contribution < 1.29 is 13.9 Å². The molecule has 3 atom stereocenters. The summed E-state index contributed by atoms with van der Waals surface area (Å²) in [4.78, 5) is 14.1. The summed E-state index contributed by atoms with van der Waals surface area (Å²) in [5.41, 5.74) is 0.891. The van der Waals surface area contributed by atoms with Crippen LogP contribution in [0.4, 0.5) is 4.39 Å². The van der Waals surface area contributed by atoms with Crippen LogP contribution >= 0.6 is 11.6 Å². The van der Waals surface area contributed by atoms with Crippen LogP contribution in [0.3, 0.4) is 0 Å². The number of carbonyl (C=O) groups excluding carboxylic acids is 1. The summed E-state index contributed by atoms with van der Waals surface area (Å²) in [5.74, 6) is -0.590. The van der Waals surface area contributed by atoms with Gasteiger partial charge in [0.15, 0.2) is 0 Å². The van der Waals surface area contributed by atoms with Crippen molar-refractivity contribution in [3.05, 3.63) is 34.6 Å². The van der Waals surface area contributed by atoms with Gasteiger partial charge in [-0.05, 0) is 38.0 Å². The predicted molar refractivity (Wildman–Crippen MR) is 86.9 cm³/mol. The molecule has 0 radical (unpaired) electrons. The molecule has 0 saturated carbocycles. The monoisotopic (exact) mass is 340 g/mol.